The van der Waals surface area contributed by atoms with Crippen LogP contribution in [0, 0.1) is 0 Å². The number of ether oxygens (including phenoxy) is 3. The van der Waals surface area contributed by atoms with Gasteiger partial charge in [-0.25, -0.2) is 4.98 Å². The first kappa shape index (κ1) is 21.3. The first-order valence-corrected chi connectivity index (χ1v) is 11.7. The normalized spacial score (nSPS) is 12.9. The van der Waals surface area contributed by atoms with Crippen molar-refractivity contribution in [2.75, 3.05) is 26.1 Å². The maximum Gasteiger partial charge on any atom is 0.264 e. The minimum absolute atomic E-state index is 0.100. The maximum atomic E-state index is 12.4. The number of carbonyl (C=O) groups is 1. The Hall–Kier alpha value is -3.52. The molecule has 0 bridgehead atoms. The summed E-state index contributed by atoms with van der Waals surface area (Å²) >= 11 is 1.35. The van der Waals surface area contributed by atoms with E-state index >= 15 is 0 Å². The van der Waals surface area contributed by atoms with Crippen LogP contribution in [0.4, 0.5) is 5.13 Å². The van der Waals surface area contributed by atoms with Gasteiger partial charge in [-0.1, -0.05) is 0 Å². The van der Waals surface area contributed by atoms with Crippen molar-refractivity contribution in [3.05, 3.63) is 53.1 Å². The largest absolute Gasteiger partial charge is 0.493 e. The number of hydrogen-bond acceptors (Lipinski definition) is 7. The molecule has 4 aromatic rings. The van der Waals surface area contributed by atoms with Gasteiger partial charge in [0.25, 0.3) is 5.91 Å². The quantitative estimate of drug-likeness (QED) is 0.391. The third kappa shape index (κ3) is 4.39. The Kier molecular flexibility index (Phi) is 5.92. The number of aromatic nitrogens is 1. The topological polar surface area (TPSA) is 82.8 Å². The van der Waals surface area contributed by atoms with E-state index in [0.29, 0.717) is 22.4 Å². The molecule has 1 N–H and O–H groups in total. The fourth-order valence-electron chi connectivity index (χ4n) is 4.10. The molecule has 2 aromatic carbocycles. The van der Waals surface area contributed by atoms with Crippen molar-refractivity contribution >= 4 is 33.3 Å². The lowest BCUT2D eigenvalue weighted by molar-refractivity contribution is -0.118. The van der Waals surface area contributed by atoms with Crippen LogP contribution in [0.2, 0.25) is 0 Å². The highest BCUT2D eigenvalue weighted by Gasteiger charge is 2.18. The lowest BCUT2D eigenvalue weighted by Crippen LogP contribution is -2.20. The summed E-state index contributed by atoms with van der Waals surface area (Å²) in [6.45, 7) is -0.100. The predicted molar refractivity (Wildman–Crippen MR) is 128 cm³/mol. The third-order valence-electron chi connectivity index (χ3n) is 5.73. The molecule has 0 saturated carbocycles. The molecule has 8 heteroatoms. The number of methoxy groups -OCH3 is 2. The van der Waals surface area contributed by atoms with Crippen molar-refractivity contribution in [1.82, 2.24) is 4.98 Å². The van der Waals surface area contributed by atoms with Crippen molar-refractivity contribution in [3.8, 4) is 28.5 Å². The van der Waals surface area contributed by atoms with E-state index in [1.54, 1.807) is 14.2 Å². The van der Waals surface area contributed by atoms with Gasteiger partial charge in [0.15, 0.2) is 23.2 Å². The number of furan rings is 1. The van der Waals surface area contributed by atoms with Gasteiger partial charge in [0.2, 0.25) is 0 Å². The first-order chi connectivity index (χ1) is 16.1. The van der Waals surface area contributed by atoms with Crippen molar-refractivity contribution in [3.63, 3.8) is 0 Å². The Balaban J connectivity index is 1.23. The van der Waals surface area contributed by atoms with Gasteiger partial charge in [0, 0.05) is 28.3 Å². The van der Waals surface area contributed by atoms with Gasteiger partial charge in [-0.15, -0.1) is 11.3 Å². The summed E-state index contributed by atoms with van der Waals surface area (Å²) < 4.78 is 22.3. The molecular weight excluding hydrogens is 440 g/mol. The van der Waals surface area contributed by atoms with Crippen molar-refractivity contribution < 1.29 is 23.4 Å². The van der Waals surface area contributed by atoms with E-state index in [1.807, 2.05) is 41.8 Å². The van der Waals surface area contributed by atoms with Crippen LogP contribution in [0.15, 0.2) is 46.2 Å². The zero-order valence-electron chi connectivity index (χ0n) is 18.5. The Labute approximate surface area is 195 Å². The van der Waals surface area contributed by atoms with Gasteiger partial charge in [-0.05, 0) is 55.7 Å². The van der Waals surface area contributed by atoms with Crippen LogP contribution in [0.1, 0.15) is 24.2 Å². The maximum absolute atomic E-state index is 12.4. The standard InChI is InChI=1S/C25H24N2O5S/c1-29-22-9-7-15(11-23(22)30-2)19-14-33-25(26-19)27-24(28)13-31-16-8-10-21-18(12-16)17-5-3-4-6-20(17)32-21/h7-12,14H,3-6,13H2,1-2H3,(H,26,27,28). The molecule has 0 saturated heterocycles. The summed E-state index contributed by atoms with van der Waals surface area (Å²) in [4.78, 5) is 16.9. The highest BCUT2D eigenvalue weighted by molar-refractivity contribution is 7.14. The fraction of sp³-hybridized carbons (Fsp3) is 0.280. The van der Waals surface area contributed by atoms with Crippen LogP contribution >= 0.6 is 11.3 Å². The minimum Gasteiger partial charge on any atom is -0.493 e. The number of thiazole rings is 1. The van der Waals surface area contributed by atoms with Crippen LogP contribution in [0.3, 0.4) is 0 Å². The molecule has 5 rings (SSSR count). The van der Waals surface area contributed by atoms with Crippen molar-refractivity contribution in [2.24, 2.45) is 0 Å². The second-order valence-corrected chi connectivity index (χ2v) is 8.67. The zero-order valence-corrected chi connectivity index (χ0v) is 19.3. The highest BCUT2D eigenvalue weighted by atomic mass is 32.1. The minimum atomic E-state index is -0.266. The number of nitrogens with zero attached hydrogens (tertiary/aromatic N) is 1. The molecule has 0 atom stereocenters. The van der Waals surface area contributed by atoms with E-state index in [-0.39, 0.29) is 12.5 Å². The highest BCUT2D eigenvalue weighted by Crippen LogP contribution is 2.35. The molecule has 0 fully saturated rings. The number of benzene rings is 2. The average Bonchev–Trinajstić information content (AvgIpc) is 3.46. The Morgan fingerprint density at radius 1 is 1.09 bits per heavy atom. The molecule has 7 nitrogen and oxygen atoms in total. The number of fused-ring (bicyclic) bond motifs is 3. The fourth-order valence-corrected chi connectivity index (χ4v) is 4.83. The molecule has 2 aromatic heterocycles. The number of carbonyl (C=O) groups excluding carboxylic acids is 1. The molecule has 0 aliphatic heterocycles. The number of amides is 1. The van der Waals surface area contributed by atoms with Crippen LogP contribution < -0.4 is 19.5 Å². The Morgan fingerprint density at radius 3 is 2.79 bits per heavy atom. The molecule has 0 radical (unpaired) electrons. The van der Waals surface area contributed by atoms with Gasteiger partial charge >= 0.3 is 0 Å². The van der Waals surface area contributed by atoms with Crippen molar-refractivity contribution in [2.45, 2.75) is 25.7 Å². The number of hydrogen-bond donors (Lipinski definition) is 1. The lowest BCUT2D eigenvalue weighted by atomic mass is 9.96. The van der Waals surface area contributed by atoms with E-state index in [9.17, 15) is 4.79 Å². The summed E-state index contributed by atoms with van der Waals surface area (Å²) in [7, 11) is 3.19. The van der Waals surface area contributed by atoms with E-state index in [1.165, 1.54) is 29.7 Å². The lowest BCUT2D eigenvalue weighted by Gasteiger charge is -2.09. The number of aryl methyl sites for hydroxylation is 2. The summed E-state index contributed by atoms with van der Waals surface area (Å²) in [5.74, 6) is 2.74. The second kappa shape index (κ2) is 9.15. The molecule has 1 aliphatic rings. The van der Waals surface area contributed by atoms with Gasteiger partial charge in [0.1, 0.15) is 17.1 Å². The van der Waals surface area contributed by atoms with Gasteiger partial charge in [-0.2, -0.15) is 0 Å². The molecule has 2 heterocycles. The van der Waals surface area contributed by atoms with Gasteiger partial charge in [0.05, 0.1) is 19.9 Å². The Morgan fingerprint density at radius 2 is 1.94 bits per heavy atom. The number of anilines is 1. The van der Waals surface area contributed by atoms with E-state index in [4.69, 9.17) is 18.6 Å². The second-order valence-electron chi connectivity index (χ2n) is 7.81. The summed E-state index contributed by atoms with van der Waals surface area (Å²) in [6.07, 6.45) is 4.36. The average molecular weight is 465 g/mol. The van der Waals surface area contributed by atoms with Crippen LogP contribution in [-0.4, -0.2) is 31.7 Å². The summed E-state index contributed by atoms with van der Waals surface area (Å²) in [5, 5.41) is 6.28. The number of nitrogens with one attached hydrogen (secondary N) is 1. The van der Waals surface area contributed by atoms with Crippen LogP contribution in [0.5, 0.6) is 17.2 Å². The summed E-state index contributed by atoms with van der Waals surface area (Å²) in [6, 6.07) is 11.3. The monoisotopic (exact) mass is 464 g/mol. The molecule has 1 aliphatic carbocycles. The molecule has 170 valence electrons. The van der Waals surface area contributed by atoms with Crippen LogP contribution in [-0.2, 0) is 17.6 Å². The molecule has 0 unspecified atom stereocenters. The SMILES string of the molecule is COc1ccc(-c2csc(NC(=O)COc3ccc4oc5c(c4c3)CCCC5)n2)cc1OC. The molecule has 33 heavy (non-hydrogen) atoms. The van der Waals surface area contributed by atoms with E-state index in [0.717, 1.165) is 40.8 Å². The Bertz CT molecular complexity index is 1310. The summed E-state index contributed by atoms with van der Waals surface area (Å²) in [5.41, 5.74) is 3.77. The molecule has 0 spiro atoms. The third-order valence-corrected chi connectivity index (χ3v) is 6.48. The first-order valence-electron chi connectivity index (χ1n) is 10.8. The van der Waals surface area contributed by atoms with Crippen LogP contribution in [0.25, 0.3) is 22.2 Å². The van der Waals surface area contributed by atoms with E-state index in [2.05, 4.69) is 10.3 Å². The van der Waals surface area contributed by atoms with E-state index < -0.39 is 0 Å². The smallest absolute Gasteiger partial charge is 0.264 e. The zero-order chi connectivity index (χ0) is 22.8. The van der Waals surface area contributed by atoms with Gasteiger partial charge < -0.3 is 18.6 Å². The predicted octanol–water partition coefficient (Wildman–Crippen LogP) is 5.47. The van der Waals surface area contributed by atoms with Crippen molar-refractivity contribution in [1.29, 1.82) is 0 Å². The molecule has 1 amide bonds. The molecular formula is C25H24N2O5S. The number of rotatable bonds is 7. The van der Waals surface area contributed by atoms with Gasteiger partial charge in [-0.3, -0.25) is 10.1 Å².